The average Bonchev–Trinajstić information content (AvgIpc) is 2.70. The first-order valence-corrected chi connectivity index (χ1v) is 9.29. The van der Waals surface area contributed by atoms with E-state index in [0.29, 0.717) is 6.42 Å². The van der Waals surface area contributed by atoms with Gasteiger partial charge in [0.1, 0.15) is 5.54 Å². The van der Waals surface area contributed by atoms with E-state index in [1.807, 2.05) is 73.6 Å². The first-order valence-electron chi connectivity index (χ1n) is 9.29. The summed E-state index contributed by atoms with van der Waals surface area (Å²) in [6.07, 6.45) is 0.770. The molecule has 1 fully saturated rings. The number of ether oxygens (including phenoxy) is 1. The molecule has 4 heteroatoms. The maximum absolute atomic E-state index is 13.5. The summed E-state index contributed by atoms with van der Waals surface area (Å²) in [5.74, 6) is 0.130. The van der Waals surface area contributed by atoms with E-state index >= 15 is 0 Å². The standard InChI is InChI=1S/C22H28N2O2/c1-4-22(24(2)3,19-8-6-5-7-9-19)21(25)18-12-10-17(11-13-18)20-16-23-14-15-26-20/h5-13,20,23H,4,14-16H2,1-3H3. The lowest BCUT2D eigenvalue weighted by Gasteiger charge is -2.38. The largest absolute Gasteiger partial charge is 0.371 e. The van der Waals surface area contributed by atoms with Gasteiger partial charge in [-0.25, -0.2) is 0 Å². The van der Waals surface area contributed by atoms with Gasteiger partial charge in [0.2, 0.25) is 0 Å². The highest BCUT2D eigenvalue weighted by molar-refractivity contribution is 6.03. The molecule has 2 unspecified atom stereocenters. The minimum atomic E-state index is -0.661. The number of likely N-dealkylation sites (N-methyl/N-ethyl adjacent to an activating group) is 1. The Balaban J connectivity index is 1.92. The summed E-state index contributed by atoms with van der Waals surface area (Å²) in [5.41, 5.74) is 2.21. The van der Waals surface area contributed by atoms with Crippen LogP contribution in [0.15, 0.2) is 54.6 Å². The second-order valence-electron chi connectivity index (χ2n) is 6.99. The SMILES string of the molecule is CCC(C(=O)c1ccc(C2CNCCO2)cc1)(c1ccccc1)N(C)C. The fourth-order valence-corrected chi connectivity index (χ4v) is 3.85. The van der Waals surface area contributed by atoms with Gasteiger partial charge >= 0.3 is 0 Å². The molecule has 2 aromatic carbocycles. The van der Waals surface area contributed by atoms with Crippen LogP contribution in [0.4, 0.5) is 0 Å². The molecular formula is C22H28N2O2. The maximum Gasteiger partial charge on any atom is 0.187 e. The van der Waals surface area contributed by atoms with Crippen molar-refractivity contribution in [2.75, 3.05) is 33.8 Å². The zero-order chi connectivity index (χ0) is 18.6. The summed E-state index contributed by atoms with van der Waals surface area (Å²) in [6, 6.07) is 18.0. The number of morpholine rings is 1. The lowest BCUT2D eigenvalue weighted by atomic mass is 9.79. The molecule has 0 radical (unpaired) electrons. The molecule has 0 bridgehead atoms. The third-order valence-electron chi connectivity index (χ3n) is 5.37. The third kappa shape index (κ3) is 3.45. The molecule has 1 N–H and O–H groups in total. The van der Waals surface area contributed by atoms with Crippen LogP contribution in [0.1, 0.15) is 40.9 Å². The molecule has 1 aliphatic rings. The highest BCUT2D eigenvalue weighted by Gasteiger charge is 2.41. The van der Waals surface area contributed by atoms with Crippen molar-refractivity contribution in [1.82, 2.24) is 10.2 Å². The number of benzene rings is 2. The number of rotatable bonds is 6. The summed E-state index contributed by atoms with van der Waals surface area (Å²) in [7, 11) is 3.95. The molecule has 138 valence electrons. The Morgan fingerprint density at radius 1 is 1.15 bits per heavy atom. The van der Waals surface area contributed by atoms with Gasteiger partial charge in [-0.05, 0) is 31.6 Å². The number of carbonyl (C=O) groups is 1. The predicted molar refractivity (Wildman–Crippen MR) is 104 cm³/mol. The highest BCUT2D eigenvalue weighted by Crippen LogP contribution is 2.34. The van der Waals surface area contributed by atoms with Gasteiger partial charge in [-0.15, -0.1) is 0 Å². The van der Waals surface area contributed by atoms with Crippen LogP contribution in [-0.2, 0) is 10.3 Å². The Morgan fingerprint density at radius 3 is 2.38 bits per heavy atom. The molecule has 0 saturated carbocycles. The molecule has 1 aliphatic heterocycles. The summed E-state index contributed by atoms with van der Waals surface area (Å²) < 4.78 is 5.80. The molecule has 0 aromatic heterocycles. The van der Waals surface area contributed by atoms with Crippen molar-refractivity contribution in [1.29, 1.82) is 0 Å². The molecule has 0 spiro atoms. The number of Topliss-reactive ketones (excluding diaryl/α,β-unsaturated/α-hetero) is 1. The Hall–Kier alpha value is -2.01. The molecule has 2 aromatic rings. The Morgan fingerprint density at radius 2 is 1.85 bits per heavy atom. The summed E-state index contributed by atoms with van der Waals surface area (Å²) in [4.78, 5) is 15.6. The van der Waals surface area contributed by atoms with Crippen molar-refractivity contribution >= 4 is 5.78 Å². The number of carbonyl (C=O) groups excluding carboxylic acids is 1. The monoisotopic (exact) mass is 352 g/mol. The van der Waals surface area contributed by atoms with Crippen LogP contribution in [0, 0.1) is 0 Å². The lowest BCUT2D eigenvalue weighted by Crippen LogP contribution is -2.48. The van der Waals surface area contributed by atoms with Crippen LogP contribution in [0.2, 0.25) is 0 Å². The van der Waals surface area contributed by atoms with Crippen molar-refractivity contribution in [3.05, 3.63) is 71.3 Å². The molecular weight excluding hydrogens is 324 g/mol. The van der Waals surface area contributed by atoms with Gasteiger partial charge in [0.15, 0.2) is 5.78 Å². The third-order valence-corrected chi connectivity index (χ3v) is 5.37. The second kappa shape index (κ2) is 8.12. The van der Waals surface area contributed by atoms with Crippen LogP contribution < -0.4 is 5.32 Å². The Kier molecular flexibility index (Phi) is 5.87. The van der Waals surface area contributed by atoms with Crippen molar-refractivity contribution in [3.63, 3.8) is 0 Å². The first kappa shape index (κ1) is 18.8. The molecule has 3 rings (SSSR count). The topological polar surface area (TPSA) is 41.6 Å². The van der Waals surface area contributed by atoms with Gasteiger partial charge in [-0.2, -0.15) is 0 Å². The molecule has 0 aliphatic carbocycles. The molecule has 1 saturated heterocycles. The van der Waals surface area contributed by atoms with Gasteiger partial charge in [0.25, 0.3) is 0 Å². The summed E-state index contributed by atoms with van der Waals surface area (Å²) in [5, 5.41) is 3.34. The molecule has 26 heavy (non-hydrogen) atoms. The van der Waals surface area contributed by atoms with Gasteiger partial charge in [0.05, 0.1) is 12.7 Å². The number of nitrogens with zero attached hydrogens (tertiary/aromatic N) is 1. The van der Waals surface area contributed by atoms with Crippen molar-refractivity contribution in [3.8, 4) is 0 Å². The van der Waals surface area contributed by atoms with E-state index in [9.17, 15) is 4.79 Å². The van der Waals surface area contributed by atoms with E-state index in [0.717, 1.165) is 36.4 Å². The van der Waals surface area contributed by atoms with Gasteiger partial charge in [0, 0.05) is 18.7 Å². The predicted octanol–water partition coefficient (Wildman–Crippen LogP) is 3.40. The molecule has 1 heterocycles. The minimum absolute atomic E-state index is 0.0619. The van der Waals surface area contributed by atoms with Crippen molar-refractivity contribution < 1.29 is 9.53 Å². The van der Waals surface area contributed by atoms with Crippen LogP contribution in [0.25, 0.3) is 0 Å². The van der Waals surface area contributed by atoms with E-state index in [1.54, 1.807) is 0 Å². The van der Waals surface area contributed by atoms with E-state index < -0.39 is 5.54 Å². The Labute approximate surface area is 156 Å². The van der Waals surface area contributed by atoms with Crippen LogP contribution in [0.3, 0.4) is 0 Å². The van der Waals surface area contributed by atoms with Crippen LogP contribution in [0.5, 0.6) is 0 Å². The fourth-order valence-electron chi connectivity index (χ4n) is 3.85. The molecule has 2 atom stereocenters. The number of nitrogens with one attached hydrogen (secondary N) is 1. The summed E-state index contributed by atoms with van der Waals surface area (Å²) in [6.45, 7) is 4.50. The quantitative estimate of drug-likeness (QED) is 0.809. The van der Waals surface area contributed by atoms with E-state index in [1.165, 1.54) is 0 Å². The summed E-state index contributed by atoms with van der Waals surface area (Å²) >= 11 is 0. The first-order chi connectivity index (χ1) is 12.6. The highest BCUT2D eigenvalue weighted by atomic mass is 16.5. The number of hydrogen-bond acceptors (Lipinski definition) is 4. The molecule has 0 amide bonds. The van der Waals surface area contributed by atoms with Crippen LogP contribution >= 0.6 is 0 Å². The lowest BCUT2D eigenvalue weighted by molar-refractivity contribution is 0.0277. The fraction of sp³-hybridized carbons (Fsp3) is 0.409. The van der Waals surface area contributed by atoms with Crippen molar-refractivity contribution in [2.24, 2.45) is 0 Å². The zero-order valence-electron chi connectivity index (χ0n) is 15.9. The zero-order valence-corrected chi connectivity index (χ0v) is 15.9. The Bertz CT molecular complexity index is 722. The van der Waals surface area contributed by atoms with Crippen LogP contribution in [-0.4, -0.2) is 44.5 Å². The van der Waals surface area contributed by atoms with Crippen molar-refractivity contribution in [2.45, 2.75) is 25.0 Å². The minimum Gasteiger partial charge on any atom is -0.371 e. The normalized spacial score (nSPS) is 19.9. The van der Waals surface area contributed by atoms with Gasteiger partial charge < -0.3 is 10.1 Å². The second-order valence-corrected chi connectivity index (χ2v) is 6.99. The number of hydrogen-bond donors (Lipinski definition) is 1. The van der Waals surface area contributed by atoms with Gasteiger partial charge in [-0.3, -0.25) is 9.69 Å². The van der Waals surface area contributed by atoms with E-state index in [-0.39, 0.29) is 11.9 Å². The smallest absolute Gasteiger partial charge is 0.187 e. The average molecular weight is 352 g/mol. The number of ketones is 1. The van der Waals surface area contributed by atoms with E-state index in [2.05, 4.69) is 12.2 Å². The molecule has 4 nitrogen and oxygen atoms in total. The maximum atomic E-state index is 13.5. The van der Waals surface area contributed by atoms with E-state index in [4.69, 9.17) is 4.74 Å². The van der Waals surface area contributed by atoms with Gasteiger partial charge in [-0.1, -0.05) is 61.5 Å².